The number of nitrogens with zero attached hydrogens (tertiary/aromatic N) is 1. The molecule has 1 aliphatic heterocycles. The maximum absolute atomic E-state index is 5.41. The van der Waals surface area contributed by atoms with Gasteiger partial charge in [0.2, 0.25) is 5.88 Å². The van der Waals surface area contributed by atoms with E-state index in [9.17, 15) is 0 Å². The summed E-state index contributed by atoms with van der Waals surface area (Å²) >= 11 is 0. The van der Waals surface area contributed by atoms with E-state index in [0.717, 1.165) is 31.7 Å². The van der Waals surface area contributed by atoms with Crippen LogP contribution in [-0.2, 0) is 4.74 Å². The molecule has 2 rings (SSSR count). The van der Waals surface area contributed by atoms with Crippen LogP contribution in [0.4, 0.5) is 5.69 Å². The van der Waals surface area contributed by atoms with E-state index in [4.69, 9.17) is 9.47 Å². The number of anilines is 1. The molecule has 0 saturated carbocycles. The van der Waals surface area contributed by atoms with Crippen LogP contribution in [0.2, 0.25) is 0 Å². The van der Waals surface area contributed by atoms with Crippen LogP contribution < -0.4 is 10.1 Å². The second-order valence-corrected chi connectivity index (χ2v) is 3.88. The quantitative estimate of drug-likeness (QED) is 0.847. The molecule has 0 spiro atoms. The van der Waals surface area contributed by atoms with Crippen molar-refractivity contribution in [2.75, 3.05) is 25.1 Å². The molecular formula is C12H18N2O2. The van der Waals surface area contributed by atoms with Crippen molar-refractivity contribution in [2.45, 2.75) is 25.8 Å². The molecule has 4 heteroatoms. The molecule has 0 amide bonds. The minimum atomic E-state index is 0.411. The van der Waals surface area contributed by atoms with E-state index in [1.54, 1.807) is 6.20 Å². The van der Waals surface area contributed by atoms with Crippen LogP contribution in [0.3, 0.4) is 0 Å². The van der Waals surface area contributed by atoms with Crippen LogP contribution in [0.1, 0.15) is 19.8 Å². The van der Waals surface area contributed by atoms with Gasteiger partial charge in [0, 0.05) is 18.7 Å². The first kappa shape index (κ1) is 11.2. The van der Waals surface area contributed by atoms with Crippen LogP contribution in [0.5, 0.6) is 5.88 Å². The summed E-state index contributed by atoms with van der Waals surface area (Å²) in [6, 6.07) is 4.29. The monoisotopic (exact) mass is 222 g/mol. The molecule has 0 radical (unpaired) electrons. The van der Waals surface area contributed by atoms with E-state index in [0.29, 0.717) is 18.5 Å². The van der Waals surface area contributed by atoms with Crippen LogP contribution in [-0.4, -0.2) is 30.8 Å². The zero-order valence-electron chi connectivity index (χ0n) is 9.61. The highest BCUT2D eigenvalue weighted by molar-refractivity contribution is 5.43. The van der Waals surface area contributed by atoms with Gasteiger partial charge >= 0.3 is 0 Å². The lowest BCUT2D eigenvalue weighted by atomic mass is 10.1. The van der Waals surface area contributed by atoms with Crippen molar-refractivity contribution in [3.05, 3.63) is 18.3 Å². The second-order valence-electron chi connectivity index (χ2n) is 3.88. The Labute approximate surface area is 96.0 Å². The molecule has 1 fully saturated rings. The normalized spacial score (nSPS) is 20.4. The Morgan fingerprint density at radius 3 is 3.12 bits per heavy atom. The fourth-order valence-electron chi connectivity index (χ4n) is 1.79. The fraction of sp³-hybridized carbons (Fsp3) is 0.583. The number of nitrogens with one attached hydrogen (secondary N) is 1. The maximum atomic E-state index is 5.41. The lowest BCUT2D eigenvalue weighted by Gasteiger charge is -2.23. The molecule has 1 N–H and O–H groups in total. The van der Waals surface area contributed by atoms with Gasteiger partial charge in [-0.05, 0) is 25.8 Å². The van der Waals surface area contributed by atoms with Crippen molar-refractivity contribution in [2.24, 2.45) is 0 Å². The van der Waals surface area contributed by atoms with Gasteiger partial charge in [-0.1, -0.05) is 0 Å². The first-order chi connectivity index (χ1) is 7.88. The minimum Gasteiger partial charge on any atom is -0.478 e. The Balaban J connectivity index is 1.88. The molecule has 16 heavy (non-hydrogen) atoms. The third kappa shape index (κ3) is 3.10. The summed E-state index contributed by atoms with van der Waals surface area (Å²) in [5.41, 5.74) is 1.03. The molecule has 0 aliphatic carbocycles. The third-order valence-corrected chi connectivity index (χ3v) is 2.56. The van der Waals surface area contributed by atoms with E-state index >= 15 is 0 Å². The van der Waals surface area contributed by atoms with E-state index in [1.807, 2.05) is 19.1 Å². The molecule has 1 aromatic rings. The van der Waals surface area contributed by atoms with Crippen molar-refractivity contribution in [3.8, 4) is 5.88 Å². The number of pyridine rings is 1. The van der Waals surface area contributed by atoms with Crippen molar-refractivity contribution in [3.63, 3.8) is 0 Å². The average molecular weight is 222 g/mol. The van der Waals surface area contributed by atoms with Gasteiger partial charge < -0.3 is 14.8 Å². The van der Waals surface area contributed by atoms with E-state index in [2.05, 4.69) is 10.3 Å². The molecule has 1 aromatic heterocycles. The van der Waals surface area contributed by atoms with Crippen molar-refractivity contribution < 1.29 is 9.47 Å². The van der Waals surface area contributed by atoms with Crippen LogP contribution in [0, 0.1) is 0 Å². The van der Waals surface area contributed by atoms with Gasteiger partial charge in [-0.15, -0.1) is 0 Å². The van der Waals surface area contributed by atoms with Gasteiger partial charge in [-0.3, -0.25) is 0 Å². The Bertz CT molecular complexity index is 307. The van der Waals surface area contributed by atoms with E-state index < -0.39 is 0 Å². The van der Waals surface area contributed by atoms with E-state index in [1.165, 1.54) is 0 Å². The van der Waals surface area contributed by atoms with Gasteiger partial charge in [-0.2, -0.15) is 0 Å². The summed E-state index contributed by atoms with van der Waals surface area (Å²) in [6.07, 6.45) is 4.09. The maximum Gasteiger partial charge on any atom is 0.213 e. The number of ether oxygens (including phenoxy) is 2. The zero-order chi connectivity index (χ0) is 11.2. The summed E-state index contributed by atoms with van der Waals surface area (Å²) in [4.78, 5) is 4.21. The molecule has 2 heterocycles. The highest BCUT2D eigenvalue weighted by atomic mass is 16.5. The van der Waals surface area contributed by atoms with Crippen LogP contribution >= 0.6 is 0 Å². The van der Waals surface area contributed by atoms with Gasteiger partial charge in [0.25, 0.3) is 0 Å². The molecule has 4 nitrogen and oxygen atoms in total. The lowest BCUT2D eigenvalue weighted by Crippen LogP contribution is -2.29. The minimum absolute atomic E-state index is 0.411. The van der Waals surface area contributed by atoms with Crippen LogP contribution in [0.25, 0.3) is 0 Å². The lowest BCUT2D eigenvalue weighted by molar-refractivity contribution is 0.0876. The second kappa shape index (κ2) is 5.70. The summed E-state index contributed by atoms with van der Waals surface area (Å²) in [6.45, 7) is 4.27. The van der Waals surface area contributed by atoms with Gasteiger partial charge in [-0.25, -0.2) is 4.98 Å². The summed E-state index contributed by atoms with van der Waals surface area (Å²) in [7, 11) is 0. The average Bonchev–Trinajstić information content (AvgIpc) is 2.33. The number of hydrogen-bond donors (Lipinski definition) is 1. The smallest absolute Gasteiger partial charge is 0.213 e. The standard InChI is InChI=1S/C12H18N2O2/c1-2-16-12-6-5-10(8-13-12)14-11-4-3-7-15-9-11/h5-6,8,11,14H,2-4,7,9H2,1H3. The Morgan fingerprint density at radius 2 is 2.50 bits per heavy atom. The predicted molar refractivity (Wildman–Crippen MR) is 62.9 cm³/mol. The Morgan fingerprint density at radius 1 is 1.56 bits per heavy atom. The first-order valence-electron chi connectivity index (χ1n) is 5.81. The number of aromatic nitrogens is 1. The molecule has 1 unspecified atom stereocenters. The first-order valence-corrected chi connectivity index (χ1v) is 5.81. The summed E-state index contributed by atoms with van der Waals surface area (Å²) < 4.78 is 10.7. The molecule has 1 aliphatic rings. The van der Waals surface area contributed by atoms with Gasteiger partial charge in [0.05, 0.1) is 25.1 Å². The molecular weight excluding hydrogens is 204 g/mol. The fourth-order valence-corrected chi connectivity index (χ4v) is 1.79. The van der Waals surface area contributed by atoms with Gasteiger partial charge in [0.1, 0.15) is 0 Å². The van der Waals surface area contributed by atoms with Gasteiger partial charge in [0.15, 0.2) is 0 Å². The number of rotatable bonds is 4. The predicted octanol–water partition coefficient (Wildman–Crippen LogP) is 2.07. The Hall–Kier alpha value is -1.29. The van der Waals surface area contributed by atoms with Crippen molar-refractivity contribution in [1.82, 2.24) is 4.98 Å². The topological polar surface area (TPSA) is 43.4 Å². The molecule has 88 valence electrons. The zero-order valence-corrected chi connectivity index (χ0v) is 9.61. The van der Waals surface area contributed by atoms with Crippen molar-refractivity contribution >= 4 is 5.69 Å². The molecule has 0 aromatic carbocycles. The highest BCUT2D eigenvalue weighted by Crippen LogP contribution is 2.15. The third-order valence-electron chi connectivity index (χ3n) is 2.56. The Kier molecular flexibility index (Phi) is 3.99. The van der Waals surface area contributed by atoms with Crippen molar-refractivity contribution in [1.29, 1.82) is 0 Å². The molecule has 1 atom stereocenters. The van der Waals surface area contributed by atoms with E-state index in [-0.39, 0.29) is 0 Å². The SMILES string of the molecule is CCOc1ccc(NC2CCCOC2)cn1. The molecule has 1 saturated heterocycles. The number of hydrogen-bond acceptors (Lipinski definition) is 4. The largest absolute Gasteiger partial charge is 0.478 e. The molecule has 0 bridgehead atoms. The summed E-state index contributed by atoms with van der Waals surface area (Å²) in [5, 5.41) is 3.41. The van der Waals surface area contributed by atoms with Crippen LogP contribution in [0.15, 0.2) is 18.3 Å². The summed E-state index contributed by atoms with van der Waals surface area (Å²) in [5.74, 6) is 0.674. The highest BCUT2D eigenvalue weighted by Gasteiger charge is 2.13.